The van der Waals surface area contributed by atoms with Crippen LogP contribution in [0.5, 0.6) is 11.5 Å². The van der Waals surface area contributed by atoms with Crippen molar-refractivity contribution in [1.29, 1.82) is 0 Å². The number of hydrogen-bond acceptors (Lipinski definition) is 5. The Morgan fingerprint density at radius 3 is 2.09 bits per heavy atom. The van der Waals surface area contributed by atoms with Gasteiger partial charge in [-0.15, -0.1) is 0 Å². The van der Waals surface area contributed by atoms with E-state index >= 15 is 0 Å². The zero-order valence-corrected chi connectivity index (χ0v) is 28.1. The molecule has 1 fully saturated rings. The van der Waals surface area contributed by atoms with Crippen LogP contribution in [-0.4, -0.2) is 43.8 Å². The van der Waals surface area contributed by atoms with E-state index < -0.39 is 28.5 Å². The van der Waals surface area contributed by atoms with E-state index in [-0.39, 0.29) is 23.4 Å². The quantitative estimate of drug-likeness (QED) is 0.165. The van der Waals surface area contributed by atoms with E-state index in [9.17, 15) is 18.0 Å². The summed E-state index contributed by atoms with van der Waals surface area (Å²) < 4.78 is 35.5. The van der Waals surface area contributed by atoms with E-state index in [4.69, 9.17) is 4.74 Å². The Labute approximate surface area is 278 Å². The number of ether oxygens (including phenoxy) is 1. The van der Waals surface area contributed by atoms with Crippen LogP contribution in [0.2, 0.25) is 0 Å². The third-order valence-electron chi connectivity index (χ3n) is 8.68. The summed E-state index contributed by atoms with van der Waals surface area (Å²) in [5.41, 5.74) is 3.09. The fraction of sp³-hybridized carbons (Fsp3) is 0.316. The Hall–Kier alpha value is -4.63. The minimum absolute atomic E-state index is 0.0667. The first kappa shape index (κ1) is 33.7. The molecule has 9 heteroatoms. The molecule has 0 heterocycles. The molecule has 4 aromatic rings. The molecule has 1 atom stereocenters. The zero-order chi connectivity index (χ0) is 33.4. The zero-order valence-electron chi connectivity index (χ0n) is 27.3. The highest BCUT2D eigenvalue weighted by molar-refractivity contribution is 7.92. The molecule has 1 N–H and O–H groups in total. The second-order valence-corrected chi connectivity index (χ2v) is 14.0. The first-order valence-electron chi connectivity index (χ1n) is 16.2. The summed E-state index contributed by atoms with van der Waals surface area (Å²) in [6, 6.07) is 29.5. The molecule has 0 unspecified atom stereocenters. The lowest BCUT2D eigenvalue weighted by atomic mass is 10.1. The smallest absolute Gasteiger partial charge is 0.264 e. The second-order valence-electron chi connectivity index (χ2n) is 12.1. The van der Waals surface area contributed by atoms with Gasteiger partial charge in [0.15, 0.2) is 0 Å². The average Bonchev–Trinajstić information content (AvgIpc) is 3.58. The highest BCUT2D eigenvalue weighted by Gasteiger charge is 2.34. The maximum absolute atomic E-state index is 14.4. The fourth-order valence-electron chi connectivity index (χ4n) is 5.93. The van der Waals surface area contributed by atoms with Crippen molar-refractivity contribution >= 4 is 27.5 Å². The fourth-order valence-corrected chi connectivity index (χ4v) is 7.34. The summed E-state index contributed by atoms with van der Waals surface area (Å²) in [6.07, 6.45) is 4.34. The number of nitrogens with one attached hydrogen (secondary N) is 1. The van der Waals surface area contributed by atoms with Crippen molar-refractivity contribution in [3.63, 3.8) is 0 Å². The Balaban J connectivity index is 1.50. The van der Waals surface area contributed by atoms with Gasteiger partial charge in [-0.2, -0.15) is 0 Å². The van der Waals surface area contributed by atoms with Crippen LogP contribution in [-0.2, 0) is 26.2 Å². The average molecular weight is 654 g/mol. The van der Waals surface area contributed by atoms with Gasteiger partial charge in [-0.25, -0.2) is 8.42 Å². The second kappa shape index (κ2) is 15.3. The van der Waals surface area contributed by atoms with Crippen LogP contribution in [0.1, 0.15) is 55.7 Å². The number of aryl methyl sites for hydroxylation is 2. The van der Waals surface area contributed by atoms with E-state index in [1.54, 1.807) is 48.5 Å². The molecule has 0 aliphatic heterocycles. The summed E-state index contributed by atoms with van der Waals surface area (Å²) in [5.74, 6) is 0.487. The Morgan fingerprint density at radius 1 is 0.830 bits per heavy atom. The Kier molecular flexibility index (Phi) is 11.0. The normalized spacial score (nSPS) is 13.9. The number of benzene rings is 4. The molecule has 1 saturated carbocycles. The molecular weight excluding hydrogens is 611 g/mol. The van der Waals surface area contributed by atoms with E-state index in [1.165, 1.54) is 4.90 Å². The molecule has 4 aromatic carbocycles. The van der Waals surface area contributed by atoms with Gasteiger partial charge >= 0.3 is 0 Å². The van der Waals surface area contributed by atoms with Crippen LogP contribution in [0.25, 0.3) is 0 Å². The van der Waals surface area contributed by atoms with Gasteiger partial charge in [-0.3, -0.25) is 13.9 Å². The monoisotopic (exact) mass is 653 g/mol. The maximum atomic E-state index is 14.4. The van der Waals surface area contributed by atoms with Gasteiger partial charge in [0.2, 0.25) is 11.8 Å². The van der Waals surface area contributed by atoms with Gasteiger partial charge in [0, 0.05) is 12.6 Å². The van der Waals surface area contributed by atoms with E-state index in [0.29, 0.717) is 23.6 Å². The first-order chi connectivity index (χ1) is 22.7. The molecule has 2 amide bonds. The Morgan fingerprint density at radius 2 is 1.45 bits per heavy atom. The SMILES string of the molecule is CC[C@H](C(=O)NC1CCCC1)N(Cc1ccccc1C)C(=O)CN(c1ccc(Oc2ccccc2)cc1)S(=O)(=O)c1ccc(C)cc1. The van der Waals surface area contributed by atoms with Crippen molar-refractivity contribution in [3.8, 4) is 11.5 Å². The number of anilines is 1. The van der Waals surface area contributed by atoms with Crippen LogP contribution in [0.15, 0.2) is 108 Å². The maximum Gasteiger partial charge on any atom is 0.264 e. The van der Waals surface area contributed by atoms with Crippen molar-refractivity contribution in [3.05, 3.63) is 120 Å². The van der Waals surface area contributed by atoms with Crippen LogP contribution in [0.3, 0.4) is 0 Å². The summed E-state index contributed by atoms with van der Waals surface area (Å²) in [5, 5.41) is 3.16. The van der Waals surface area contributed by atoms with E-state index in [0.717, 1.165) is 46.7 Å². The van der Waals surface area contributed by atoms with Crippen molar-refractivity contribution in [2.45, 2.75) is 76.4 Å². The van der Waals surface area contributed by atoms with Gasteiger partial charge in [0.25, 0.3) is 10.0 Å². The number of amides is 2. The topological polar surface area (TPSA) is 96.0 Å². The molecule has 0 aromatic heterocycles. The van der Waals surface area contributed by atoms with E-state index in [2.05, 4.69) is 5.32 Å². The molecule has 1 aliphatic carbocycles. The molecule has 8 nitrogen and oxygen atoms in total. The molecule has 5 rings (SSSR count). The number of nitrogens with zero attached hydrogens (tertiary/aromatic N) is 2. The highest BCUT2D eigenvalue weighted by Crippen LogP contribution is 2.29. The minimum atomic E-state index is -4.18. The Bertz CT molecular complexity index is 1750. The predicted octanol–water partition coefficient (Wildman–Crippen LogP) is 7.16. The highest BCUT2D eigenvalue weighted by atomic mass is 32.2. The molecular formula is C38H43N3O5S. The van der Waals surface area contributed by atoms with Crippen molar-refractivity contribution in [2.24, 2.45) is 0 Å². The lowest BCUT2D eigenvalue weighted by Crippen LogP contribution is -2.53. The van der Waals surface area contributed by atoms with E-state index in [1.807, 2.05) is 75.4 Å². The lowest BCUT2D eigenvalue weighted by molar-refractivity contribution is -0.140. The molecule has 1 aliphatic rings. The third-order valence-corrected chi connectivity index (χ3v) is 10.5. The van der Waals surface area contributed by atoms with Crippen LogP contribution in [0.4, 0.5) is 5.69 Å². The van der Waals surface area contributed by atoms with Crippen molar-refractivity contribution in [1.82, 2.24) is 10.2 Å². The van der Waals surface area contributed by atoms with Crippen LogP contribution in [0, 0.1) is 13.8 Å². The summed E-state index contributed by atoms with van der Waals surface area (Å²) in [7, 11) is -4.18. The standard InChI is InChI=1S/C38H43N3O5S/c1-4-36(38(43)39-31-14-10-11-15-31)40(26-30-13-9-8-12-29(30)3)37(42)27-41(47(44,45)35-24-18-28(2)19-25-35)32-20-22-34(23-21-32)46-33-16-6-5-7-17-33/h5-9,12-13,16-25,31,36H,4,10-11,14-15,26-27H2,1-3H3,(H,39,43)/t36-/m1/s1. The molecule has 47 heavy (non-hydrogen) atoms. The molecule has 0 spiro atoms. The van der Waals surface area contributed by atoms with Gasteiger partial charge in [0.1, 0.15) is 24.1 Å². The van der Waals surface area contributed by atoms with Crippen molar-refractivity contribution < 1.29 is 22.7 Å². The minimum Gasteiger partial charge on any atom is -0.457 e. The van der Waals surface area contributed by atoms with Gasteiger partial charge in [-0.05, 0) is 92.8 Å². The van der Waals surface area contributed by atoms with Gasteiger partial charge < -0.3 is 15.0 Å². The molecule has 0 saturated heterocycles. The summed E-state index contributed by atoms with van der Waals surface area (Å²) >= 11 is 0. The molecule has 246 valence electrons. The number of rotatable bonds is 13. The first-order valence-corrected chi connectivity index (χ1v) is 17.7. The molecule has 0 radical (unpaired) electrons. The van der Waals surface area contributed by atoms with Gasteiger partial charge in [0.05, 0.1) is 10.6 Å². The van der Waals surface area contributed by atoms with Gasteiger partial charge in [-0.1, -0.05) is 79.9 Å². The van der Waals surface area contributed by atoms with Crippen LogP contribution < -0.4 is 14.4 Å². The largest absolute Gasteiger partial charge is 0.457 e. The summed E-state index contributed by atoms with van der Waals surface area (Å²) in [4.78, 5) is 29.7. The number of carbonyl (C=O) groups is 2. The number of sulfonamides is 1. The lowest BCUT2D eigenvalue weighted by Gasteiger charge is -2.34. The third kappa shape index (κ3) is 8.40. The summed E-state index contributed by atoms with van der Waals surface area (Å²) in [6.45, 7) is 5.40. The predicted molar refractivity (Wildman–Crippen MR) is 185 cm³/mol. The number of hydrogen-bond donors (Lipinski definition) is 1. The molecule has 0 bridgehead atoms. The number of carbonyl (C=O) groups excluding carboxylic acids is 2. The van der Waals surface area contributed by atoms with Crippen LogP contribution >= 0.6 is 0 Å². The number of para-hydroxylation sites is 1. The van der Waals surface area contributed by atoms with Crippen molar-refractivity contribution in [2.75, 3.05) is 10.8 Å².